The number of imidazole rings is 1. The number of carbonyl (C=O) groups is 1. The summed E-state index contributed by atoms with van der Waals surface area (Å²) in [7, 11) is 0. The second-order valence-electron chi connectivity index (χ2n) is 4.18. The van der Waals surface area contributed by atoms with Gasteiger partial charge in [-0.2, -0.15) is 13.2 Å². The van der Waals surface area contributed by atoms with Crippen LogP contribution in [0, 0.1) is 0 Å². The second kappa shape index (κ2) is 5.76. The average molecular weight is 319 g/mol. The van der Waals surface area contributed by atoms with E-state index in [0.717, 1.165) is 11.0 Å². The van der Waals surface area contributed by atoms with Gasteiger partial charge in [0.05, 0.1) is 5.69 Å². The Hall–Kier alpha value is -2.03. The highest BCUT2D eigenvalue weighted by atomic mass is 32.1. The molecule has 114 valence electrons. The van der Waals surface area contributed by atoms with Crippen molar-refractivity contribution in [1.82, 2.24) is 9.38 Å². The molecule has 0 radical (unpaired) electrons. The van der Waals surface area contributed by atoms with Crippen LogP contribution in [-0.4, -0.2) is 39.7 Å². The molecule has 2 aromatic heterocycles. The number of rotatable bonds is 5. The largest absolute Gasteiger partial charge is 0.478 e. The van der Waals surface area contributed by atoms with E-state index >= 15 is 0 Å². The highest BCUT2D eigenvalue weighted by Gasteiger charge is 2.32. The monoisotopic (exact) mass is 319 g/mol. The molecule has 0 aromatic carbocycles. The molecule has 2 rings (SSSR count). The molecular formula is C12H12F3N3O2S. The van der Waals surface area contributed by atoms with Crippen molar-refractivity contribution in [3.63, 3.8) is 0 Å². The Labute approximate surface area is 121 Å². The van der Waals surface area contributed by atoms with E-state index < -0.39 is 18.7 Å². The third-order valence-electron chi connectivity index (χ3n) is 2.71. The van der Waals surface area contributed by atoms with E-state index in [1.807, 2.05) is 0 Å². The lowest BCUT2D eigenvalue weighted by Crippen LogP contribution is -2.34. The number of thiazole rings is 1. The highest BCUT2D eigenvalue weighted by Crippen LogP contribution is 2.28. The maximum absolute atomic E-state index is 12.6. The SMILES string of the molecule is CCN(CC(F)(F)F)c1nc2sccn2c1C=CC(=O)O. The zero-order valence-electron chi connectivity index (χ0n) is 11.0. The summed E-state index contributed by atoms with van der Waals surface area (Å²) < 4.78 is 39.4. The lowest BCUT2D eigenvalue weighted by atomic mass is 10.3. The van der Waals surface area contributed by atoms with Crippen molar-refractivity contribution in [3.8, 4) is 0 Å². The molecule has 0 aliphatic rings. The molecule has 2 heterocycles. The van der Waals surface area contributed by atoms with Crippen molar-refractivity contribution in [2.45, 2.75) is 13.1 Å². The van der Waals surface area contributed by atoms with E-state index in [4.69, 9.17) is 5.11 Å². The smallest absolute Gasteiger partial charge is 0.405 e. The molecule has 0 amide bonds. The molecule has 0 aliphatic carbocycles. The molecule has 1 N–H and O–H groups in total. The Morgan fingerprint density at radius 3 is 2.86 bits per heavy atom. The quantitative estimate of drug-likeness (QED) is 0.861. The number of aromatic nitrogens is 2. The minimum Gasteiger partial charge on any atom is -0.478 e. The number of carboxylic acids is 1. The van der Waals surface area contributed by atoms with Crippen molar-refractivity contribution in [3.05, 3.63) is 23.3 Å². The first kappa shape index (κ1) is 15.4. The summed E-state index contributed by atoms with van der Waals surface area (Å²) in [6.45, 7) is 0.560. The van der Waals surface area contributed by atoms with Crippen LogP contribution in [0.25, 0.3) is 11.0 Å². The van der Waals surface area contributed by atoms with Crippen LogP contribution >= 0.6 is 11.3 Å². The van der Waals surface area contributed by atoms with Gasteiger partial charge in [-0.1, -0.05) is 0 Å². The van der Waals surface area contributed by atoms with Crippen LogP contribution in [0.15, 0.2) is 17.7 Å². The predicted octanol–water partition coefficient (Wildman–Crippen LogP) is 2.88. The number of aliphatic carboxylic acids is 1. The number of carboxylic acid groups (broad SMARTS) is 1. The van der Waals surface area contributed by atoms with Crippen LogP contribution in [0.4, 0.5) is 19.0 Å². The molecular weight excluding hydrogens is 307 g/mol. The third kappa shape index (κ3) is 3.54. The molecule has 0 bridgehead atoms. The summed E-state index contributed by atoms with van der Waals surface area (Å²) >= 11 is 1.27. The van der Waals surface area contributed by atoms with Gasteiger partial charge in [0.25, 0.3) is 0 Å². The first-order valence-electron chi connectivity index (χ1n) is 6.00. The molecule has 0 saturated heterocycles. The van der Waals surface area contributed by atoms with Crippen molar-refractivity contribution in [2.24, 2.45) is 0 Å². The Morgan fingerprint density at radius 2 is 2.29 bits per heavy atom. The Kier molecular flexibility index (Phi) is 4.21. The maximum atomic E-state index is 12.6. The van der Waals surface area contributed by atoms with Gasteiger partial charge in [-0.25, -0.2) is 9.78 Å². The van der Waals surface area contributed by atoms with Crippen molar-refractivity contribution < 1.29 is 23.1 Å². The Bertz CT molecular complexity index is 675. The summed E-state index contributed by atoms with van der Waals surface area (Å²) in [4.78, 5) is 16.4. The number of alkyl halides is 3. The van der Waals surface area contributed by atoms with Crippen LogP contribution in [-0.2, 0) is 4.79 Å². The summed E-state index contributed by atoms with van der Waals surface area (Å²) in [5, 5.41) is 10.4. The van der Waals surface area contributed by atoms with E-state index in [1.165, 1.54) is 17.4 Å². The molecule has 9 heteroatoms. The molecule has 5 nitrogen and oxygen atoms in total. The lowest BCUT2D eigenvalue weighted by molar-refractivity contribution is -0.131. The predicted molar refractivity (Wildman–Crippen MR) is 73.7 cm³/mol. The van der Waals surface area contributed by atoms with Crippen LogP contribution < -0.4 is 4.90 Å². The van der Waals surface area contributed by atoms with Gasteiger partial charge in [-0.15, -0.1) is 11.3 Å². The summed E-state index contributed by atoms with van der Waals surface area (Å²) in [6, 6.07) is 0. The van der Waals surface area contributed by atoms with Crippen LogP contribution in [0.2, 0.25) is 0 Å². The topological polar surface area (TPSA) is 57.8 Å². The standard InChI is InChI=1S/C12H12F3N3O2S/c1-2-17(7-12(13,14)15)10-8(3-4-9(19)20)18-5-6-21-11(18)16-10/h3-6H,2,7H2,1H3,(H,19,20). The Morgan fingerprint density at radius 1 is 1.57 bits per heavy atom. The van der Waals surface area contributed by atoms with Gasteiger partial charge < -0.3 is 10.0 Å². The van der Waals surface area contributed by atoms with Crippen LogP contribution in [0.3, 0.4) is 0 Å². The third-order valence-corrected chi connectivity index (χ3v) is 3.47. The van der Waals surface area contributed by atoms with Crippen molar-refractivity contribution in [1.29, 1.82) is 0 Å². The van der Waals surface area contributed by atoms with Gasteiger partial charge in [-0.05, 0) is 13.0 Å². The average Bonchev–Trinajstić information content (AvgIpc) is 2.92. The number of hydrogen-bond acceptors (Lipinski definition) is 4. The van der Waals surface area contributed by atoms with Crippen molar-refractivity contribution >= 4 is 34.2 Å². The number of anilines is 1. The van der Waals surface area contributed by atoms with E-state index in [0.29, 0.717) is 10.7 Å². The van der Waals surface area contributed by atoms with E-state index in [1.54, 1.807) is 22.9 Å². The van der Waals surface area contributed by atoms with Crippen LogP contribution in [0.1, 0.15) is 12.6 Å². The second-order valence-corrected chi connectivity index (χ2v) is 5.05. The van der Waals surface area contributed by atoms with Gasteiger partial charge >= 0.3 is 12.1 Å². The van der Waals surface area contributed by atoms with Crippen LogP contribution in [0.5, 0.6) is 0 Å². The van der Waals surface area contributed by atoms with Gasteiger partial charge in [0.15, 0.2) is 10.8 Å². The minimum absolute atomic E-state index is 0.109. The van der Waals surface area contributed by atoms with Gasteiger partial charge in [0.1, 0.15) is 6.54 Å². The van der Waals surface area contributed by atoms with E-state index in [9.17, 15) is 18.0 Å². The van der Waals surface area contributed by atoms with Crippen molar-refractivity contribution in [2.75, 3.05) is 18.0 Å². The molecule has 0 unspecified atom stereocenters. The molecule has 0 aliphatic heterocycles. The highest BCUT2D eigenvalue weighted by molar-refractivity contribution is 7.15. The normalized spacial score (nSPS) is 12.4. The first-order chi connectivity index (χ1) is 9.81. The summed E-state index contributed by atoms with van der Waals surface area (Å²) in [5.41, 5.74) is 0.319. The fourth-order valence-corrected chi connectivity index (χ4v) is 2.60. The Balaban J connectivity index is 2.48. The molecule has 0 saturated carbocycles. The maximum Gasteiger partial charge on any atom is 0.405 e. The van der Waals surface area contributed by atoms with Gasteiger partial charge in [0.2, 0.25) is 0 Å². The first-order valence-corrected chi connectivity index (χ1v) is 6.88. The fraction of sp³-hybridized carbons (Fsp3) is 0.333. The van der Waals surface area contributed by atoms with Gasteiger partial charge in [0, 0.05) is 24.2 Å². The zero-order valence-corrected chi connectivity index (χ0v) is 11.8. The number of hydrogen-bond donors (Lipinski definition) is 1. The minimum atomic E-state index is -4.36. The summed E-state index contributed by atoms with van der Waals surface area (Å²) in [5.74, 6) is -1.05. The molecule has 0 fully saturated rings. The lowest BCUT2D eigenvalue weighted by Gasteiger charge is -2.22. The molecule has 0 atom stereocenters. The zero-order chi connectivity index (χ0) is 15.6. The fourth-order valence-electron chi connectivity index (χ4n) is 1.88. The number of halogens is 3. The number of nitrogens with zero attached hydrogens (tertiary/aromatic N) is 3. The van der Waals surface area contributed by atoms with Gasteiger partial charge in [-0.3, -0.25) is 4.40 Å². The number of fused-ring (bicyclic) bond motifs is 1. The summed E-state index contributed by atoms with van der Waals surface area (Å²) in [6.07, 6.45) is -0.588. The van der Waals surface area contributed by atoms with E-state index in [2.05, 4.69) is 4.98 Å². The molecule has 21 heavy (non-hydrogen) atoms. The van der Waals surface area contributed by atoms with E-state index in [-0.39, 0.29) is 12.4 Å². The molecule has 0 spiro atoms. The molecule has 2 aromatic rings.